The topological polar surface area (TPSA) is 200 Å². The number of amides is 4. The molecule has 0 saturated heterocycles. The van der Waals surface area contributed by atoms with Crippen molar-refractivity contribution in [1.82, 2.24) is 0 Å². The molecule has 0 aliphatic carbocycles. The molecule has 2 unspecified atom stereocenters. The van der Waals surface area contributed by atoms with Crippen molar-refractivity contribution in [3.05, 3.63) is 140 Å². The maximum atomic E-state index is 13.7. The first kappa shape index (κ1) is 50.7. The minimum absolute atomic E-state index is 0.0396. The number of halogens is 4. The molecule has 0 radical (unpaired) electrons. The fraction of sp³-hybridized carbons (Fsp3) is 0.250. The molecular formula is C48H46Cl4N8O6. The highest BCUT2D eigenvalue weighted by Gasteiger charge is 2.28. The minimum atomic E-state index is -1.58. The molecule has 0 saturated carbocycles. The Kier molecular flexibility index (Phi) is 18.6. The van der Waals surface area contributed by atoms with E-state index in [9.17, 15) is 28.8 Å². The van der Waals surface area contributed by atoms with E-state index in [4.69, 9.17) is 46.4 Å². The van der Waals surface area contributed by atoms with Crippen LogP contribution in [0.1, 0.15) is 70.7 Å². The monoisotopic (exact) mass is 970 g/mol. The van der Waals surface area contributed by atoms with E-state index in [2.05, 4.69) is 41.7 Å². The van der Waals surface area contributed by atoms with Crippen LogP contribution in [0.3, 0.4) is 0 Å². The van der Waals surface area contributed by atoms with Crippen molar-refractivity contribution in [2.75, 3.05) is 33.0 Å². The second-order valence-corrected chi connectivity index (χ2v) is 16.2. The molecule has 0 aliphatic heterocycles. The van der Waals surface area contributed by atoms with Crippen molar-refractivity contribution in [1.29, 1.82) is 0 Å². The third-order valence-corrected chi connectivity index (χ3v) is 11.4. The molecule has 2 atom stereocenters. The first-order valence-electron chi connectivity index (χ1n) is 20.8. The molecule has 5 rings (SSSR count). The summed E-state index contributed by atoms with van der Waals surface area (Å²) in [6.07, 6.45) is 1.86. The molecule has 66 heavy (non-hydrogen) atoms. The Balaban J connectivity index is 1.31. The largest absolute Gasteiger partial charge is 0.323 e. The standard InChI is InChI=1S/C48H46Cl4N8O6/c1-5-31-32(6-2)38(56-48(66)44(28(4)62)60-58-40-20-12-16-34(42(40)52)46(64)54-36-18-10-8-14-30(36)24-26-50)22-21-37(31)55-47(65)43(27(3)61)59-57-39-19-11-15-33(41(39)51)45(63)53-35-17-9-7-13-29(35)23-25-49/h7-22,43-44H,5-6,23-26H2,1-4H3,(H,53,63)(H,54,64)(H,55,65)(H,56,66). The molecular weight excluding hydrogens is 926 g/mol. The van der Waals surface area contributed by atoms with Gasteiger partial charge in [-0.25, -0.2) is 0 Å². The second-order valence-electron chi connectivity index (χ2n) is 14.6. The van der Waals surface area contributed by atoms with Gasteiger partial charge in [-0.05, 0) is 110 Å². The van der Waals surface area contributed by atoms with Gasteiger partial charge in [0, 0.05) is 34.5 Å². The summed E-state index contributed by atoms with van der Waals surface area (Å²) in [6.45, 7) is 6.09. The van der Waals surface area contributed by atoms with Gasteiger partial charge in [-0.15, -0.1) is 23.2 Å². The number of alkyl halides is 2. The van der Waals surface area contributed by atoms with Gasteiger partial charge in [0.25, 0.3) is 23.6 Å². The molecule has 0 aliphatic rings. The van der Waals surface area contributed by atoms with Crippen LogP contribution in [0.2, 0.25) is 10.0 Å². The van der Waals surface area contributed by atoms with Gasteiger partial charge in [0.15, 0.2) is 11.6 Å². The Bertz CT molecular complexity index is 2530. The number of nitrogens with one attached hydrogen (secondary N) is 4. The third-order valence-electron chi connectivity index (χ3n) is 10.2. The van der Waals surface area contributed by atoms with Gasteiger partial charge in [0.05, 0.1) is 21.2 Å². The molecule has 0 aromatic heterocycles. The first-order chi connectivity index (χ1) is 31.7. The van der Waals surface area contributed by atoms with Gasteiger partial charge in [-0.1, -0.05) is 85.6 Å². The summed E-state index contributed by atoms with van der Waals surface area (Å²) >= 11 is 25.1. The van der Waals surface area contributed by atoms with Crippen molar-refractivity contribution in [3.8, 4) is 0 Å². The highest BCUT2D eigenvalue weighted by Crippen LogP contribution is 2.33. The van der Waals surface area contributed by atoms with Crippen molar-refractivity contribution in [2.45, 2.75) is 65.5 Å². The summed E-state index contributed by atoms with van der Waals surface area (Å²) in [5.41, 5.74) is 5.14. The van der Waals surface area contributed by atoms with E-state index in [0.29, 0.717) is 71.3 Å². The lowest BCUT2D eigenvalue weighted by Gasteiger charge is -2.20. The number of para-hydroxylation sites is 2. The van der Waals surface area contributed by atoms with Crippen molar-refractivity contribution in [3.63, 3.8) is 0 Å². The Morgan fingerprint density at radius 1 is 0.500 bits per heavy atom. The number of anilines is 4. The van der Waals surface area contributed by atoms with E-state index in [1.165, 1.54) is 38.1 Å². The lowest BCUT2D eigenvalue weighted by molar-refractivity contribution is -0.127. The van der Waals surface area contributed by atoms with E-state index in [1.54, 1.807) is 48.5 Å². The number of azo groups is 2. The predicted octanol–water partition coefficient (Wildman–Crippen LogP) is 11.5. The van der Waals surface area contributed by atoms with E-state index >= 15 is 0 Å². The van der Waals surface area contributed by atoms with Crippen LogP contribution in [-0.2, 0) is 44.9 Å². The molecule has 5 aromatic carbocycles. The van der Waals surface area contributed by atoms with Crippen LogP contribution in [-0.4, -0.2) is 59.0 Å². The zero-order chi connectivity index (χ0) is 47.9. The van der Waals surface area contributed by atoms with Gasteiger partial charge >= 0.3 is 0 Å². The van der Waals surface area contributed by atoms with Crippen molar-refractivity contribution in [2.24, 2.45) is 20.5 Å². The van der Waals surface area contributed by atoms with Gasteiger partial charge in [0.2, 0.25) is 12.1 Å². The first-order valence-corrected chi connectivity index (χ1v) is 22.6. The average molecular weight is 973 g/mol. The van der Waals surface area contributed by atoms with Gasteiger partial charge in [-0.2, -0.15) is 20.5 Å². The molecule has 14 nitrogen and oxygen atoms in total. The van der Waals surface area contributed by atoms with Crippen molar-refractivity contribution >= 4 is 116 Å². The Morgan fingerprint density at radius 3 is 1.23 bits per heavy atom. The summed E-state index contributed by atoms with van der Waals surface area (Å²) in [5, 5.41) is 27.5. The van der Waals surface area contributed by atoms with Gasteiger partial charge < -0.3 is 21.3 Å². The average Bonchev–Trinajstić information content (AvgIpc) is 3.29. The molecule has 18 heteroatoms. The molecule has 0 bridgehead atoms. The molecule has 0 spiro atoms. The van der Waals surface area contributed by atoms with Crippen LogP contribution < -0.4 is 21.3 Å². The van der Waals surface area contributed by atoms with Crippen molar-refractivity contribution < 1.29 is 28.8 Å². The van der Waals surface area contributed by atoms with Gasteiger partial charge in [0.1, 0.15) is 11.4 Å². The molecule has 342 valence electrons. The lowest BCUT2D eigenvalue weighted by atomic mass is 9.98. The SMILES string of the molecule is CCc1c(NC(=O)C(N=Nc2cccc(C(=O)Nc3ccccc3CCCl)c2Cl)C(C)=O)ccc(NC(=O)C(N=Nc2cccc(C(=O)Nc3ccccc3CCCl)c2Cl)C(C)=O)c1CC. The highest BCUT2D eigenvalue weighted by molar-refractivity contribution is 6.37. The van der Waals surface area contributed by atoms with Crippen LogP contribution in [0, 0.1) is 0 Å². The molecule has 0 heterocycles. The fourth-order valence-corrected chi connectivity index (χ4v) is 7.77. The summed E-state index contributed by atoms with van der Waals surface area (Å²) in [5.74, 6) is -3.07. The number of carbonyl (C=O) groups is 6. The normalized spacial score (nSPS) is 12.1. The van der Waals surface area contributed by atoms with E-state index < -0.39 is 47.3 Å². The van der Waals surface area contributed by atoms with Crippen LogP contribution in [0.15, 0.2) is 118 Å². The smallest absolute Gasteiger partial charge is 0.258 e. The Hall–Kier alpha value is -6.32. The molecule has 5 aromatic rings. The fourth-order valence-electron chi connectivity index (χ4n) is 6.86. The van der Waals surface area contributed by atoms with E-state index in [0.717, 1.165) is 11.1 Å². The highest BCUT2D eigenvalue weighted by atomic mass is 35.5. The third kappa shape index (κ3) is 12.7. The maximum Gasteiger partial charge on any atom is 0.258 e. The number of aryl methyl sites for hydroxylation is 2. The predicted molar refractivity (Wildman–Crippen MR) is 261 cm³/mol. The van der Waals surface area contributed by atoms with Crippen LogP contribution in [0.5, 0.6) is 0 Å². The number of carbonyl (C=O) groups excluding carboxylic acids is 6. The molecule has 4 amide bonds. The molecule has 0 fully saturated rings. The van der Waals surface area contributed by atoms with E-state index in [-0.39, 0.29) is 32.5 Å². The number of nitrogens with zero attached hydrogens (tertiary/aromatic N) is 4. The minimum Gasteiger partial charge on any atom is -0.323 e. The number of hydrogen-bond donors (Lipinski definition) is 4. The van der Waals surface area contributed by atoms with Crippen LogP contribution in [0.4, 0.5) is 34.1 Å². The summed E-state index contributed by atoms with van der Waals surface area (Å²) in [7, 11) is 0. The summed E-state index contributed by atoms with van der Waals surface area (Å²) < 4.78 is 0. The van der Waals surface area contributed by atoms with Crippen LogP contribution in [0.25, 0.3) is 0 Å². The number of Topliss-reactive ketones (excluding diaryl/α,β-unsaturated/α-hetero) is 2. The maximum absolute atomic E-state index is 13.7. The zero-order valence-electron chi connectivity index (χ0n) is 36.4. The lowest BCUT2D eigenvalue weighted by Crippen LogP contribution is -2.33. The number of hydrogen-bond acceptors (Lipinski definition) is 10. The summed E-state index contributed by atoms with van der Waals surface area (Å²) in [4.78, 5) is 79.4. The van der Waals surface area contributed by atoms with Gasteiger partial charge in [-0.3, -0.25) is 28.8 Å². The quantitative estimate of drug-likeness (QED) is 0.0340. The second kappa shape index (κ2) is 24.3. The molecule has 4 N–H and O–H groups in total. The Labute approximate surface area is 402 Å². The number of ketones is 2. The summed E-state index contributed by atoms with van der Waals surface area (Å²) in [6, 6.07) is 23.5. The number of rotatable bonds is 20. The zero-order valence-corrected chi connectivity index (χ0v) is 39.4. The number of benzene rings is 5. The Morgan fingerprint density at radius 2 is 0.879 bits per heavy atom. The van der Waals surface area contributed by atoms with E-state index in [1.807, 2.05) is 38.1 Å². The van der Waals surface area contributed by atoms with Crippen LogP contribution >= 0.6 is 46.4 Å².